The number of piperidine rings is 1. The second-order valence-corrected chi connectivity index (χ2v) is 12.1. The van der Waals surface area contributed by atoms with Gasteiger partial charge in [0, 0.05) is 25.9 Å². The second kappa shape index (κ2) is 7.29. The molecular weight excluding hydrogens is 425 g/mol. The number of halogens is 1. The molecule has 1 amide bonds. The van der Waals surface area contributed by atoms with Crippen LogP contribution in [0.1, 0.15) is 29.6 Å². The van der Waals surface area contributed by atoms with Crippen molar-refractivity contribution >= 4 is 25.6 Å². The Bertz CT molecular complexity index is 1020. The van der Waals surface area contributed by atoms with E-state index in [1.54, 1.807) is 0 Å². The number of carbonyl (C=O) groups is 1. The molecule has 0 radical (unpaired) electrons. The predicted molar refractivity (Wildman–Crippen MR) is 100 cm³/mol. The van der Waals surface area contributed by atoms with Crippen LogP contribution in [-0.4, -0.2) is 76.5 Å². The van der Waals surface area contributed by atoms with Crippen molar-refractivity contribution in [3.8, 4) is 0 Å². The highest BCUT2D eigenvalue weighted by Gasteiger charge is 2.42. The largest absolute Gasteiger partial charge is 0.347 e. The number of sulfone groups is 2. The summed E-state index contributed by atoms with van der Waals surface area (Å²) in [5.74, 6) is -2.75. The lowest BCUT2D eigenvalue weighted by Crippen LogP contribution is -2.47. The monoisotopic (exact) mass is 447 g/mol. The molecule has 0 bridgehead atoms. The Hall–Kier alpha value is -1.56. The van der Waals surface area contributed by atoms with Gasteiger partial charge in [-0.25, -0.2) is 21.2 Å². The van der Waals surface area contributed by atoms with Gasteiger partial charge in [-0.15, -0.1) is 0 Å². The van der Waals surface area contributed by atoms with E-state index in [-0.39, 0.29) is 22.6 Å². The zero-order valence-corrected chi connectivity index (χ0v) is 17.3. The number of amides is 1. The fraction of sp³-hybridized carbons (Fsp3) is 0.611. The normalized spacial score (nSPS) is 26.1. The lowest BCUT2D eigenvalue weighted by molar-refractivity contribution is -0.181. The SMILES string of the molecule is O=C(c1cc(S(=O)(=O)C2CCS(=O)(=O)C2)ccc1F)N1CCC2(CC1)OCCO2. The Labute approximate surface area is 168 Å². The van der Waals surface area contributed by atoms with Crippen molar-refractivity contribution in [2.24, 2.45) is 0 Å². The summed E-state index contributed by atoms with van der Waals surface area (Å²) in [5.41, 5.74) is -0.337. The third kappa shape index (κ3) is 3.92. The summed E-state index contributed by atoms with van der Waals surface area (Å²) in [4.78, 5) is 14.1. The third-order valence-corrected chi connectivity index (χ3v) is 9.92. The molecule has 1 unspecified atom stereocenters. The molecule has 1 aromatic rings. The van der Waals surface area contributed by atoms with Crippen molar-refractivity contribution in [1.82, 2.24) is 4.90 Å². The lowest BCUT2D eigenvalue weighted by atomic mass is 10.0. The fourth-order valence-electron chi connectivity index (χ4n) is 4.05. The molecule has 3 fully saturated rings. The molecule has 11 heteroatoms. The van der Waals surface area contributed by atoms with Crippen LogP contribution in [0.15, 0.2) is 23.1 Å². The molecular formula is C18H22FNO7S2. The number of nitrogens with zero attached hydrogens (tertiary/aromatic N) is 1. The smallest absolute Gasteiger partial charge is 0.256 e. The second-order valence-electron chi connectivity index (χ2n) is 7.61. The van der Waals surface area contributed by atoms with Crippen LogP contribution in [0.2, 0.25) is 0 Å². The Morgan fingerprint density at radius 1 is 1.17 bits per heavy atom. The van der Waals surface area contributed by atoms with E-state index < -0.39 is 48.2 Å². The van der Waals surface area contributed by atoms with Crippen molar-refractivity contribution in [2.75, 3.05) is 37.8 Å². The number of rotatable bonds is 3. The summed E-state index contributed by atoms with van der Waals surface area (Å²) in [6, 6.07) is 3.04. The minimum absolute atomic E-state index is 0.000466. The van der Waals surface area contributed by atoms with Crippen molar-refractivity contribution in [2.45, 2.75) is 35.2 Å². The van der Waals surface area contributed by atoms with E-state index in [2.05, 4.69) is 0 Å². The molecule has 1 aromatic carbocycles. The van der Waals surface area contributed by atoms with E-state index in [9.17, 15) is 26.0 Å². The average molecular weight is 448 g/mol. The van der Waals surface area contributed by atoms with Crippen LogP contribution in [0.4, 0.5) is 4.39 Å². The van der Waals surface area contributed by atoms with Gasteiger partial charge in [-0.3, -0.25) is 4.79 Å². The van der Waals surface area contributed by atoms with Gasteiger partial charge >= 0.3 is 0 Å². The van der Waals surface area contributed by atoms with E-state index >= 15 is 0 Å². The number of hydrogen-bond acceptors (Lipinski definition) is 7. The summed E-state index contributed by atoms with van der Waals surface area (Å²) >= 11 is 0. The summed E-state index contributed by atoms with van der Waals surface area (Å²) < 4.78 is 74.5. The summed E-state index contributed by atoms with van der Waals surface area (Å²) in [6.45, 7) is 1.60. The molecule has 3 aliphatic heterocycles. The van der Waals surface area contributed by atoms with Crippen LogP contribution in [0.25, 0.3) is 0 Å². The highest BCUT2D eigenvalue weighted by Crippen LogP contribution is 2.32. The number of likely N-dealkylation sites (tertiary alicyclic amines) is 1. The molecule has 4 rings (SSSR count). The molecule has 0 N–H and O–H groups in total. The molecule has 8 nitrogen and oxygen atoms in total. The molecule has 0 saturated carbocycles. The van der Waals surface area contributed by atoms with E-state index in [0.717, 1.165) is 18.2 Å². The Morgan fingerprint density at radius 3 is 2.41 bits per heavy atom. The van der Waals surface area contributed by atoms with Gasteiger partial charge in [0.15, 0.2) is 25.5 Å². The van der Waals surface area contributed by atoms with Gasteiger partial charge in [-0.05, 0) is 24.6 Å². The zero-order chi connectivity index (χ0) is 20.9. The maximum atomic E-state index is 14.4. The molecule has 3 heterocycles. The minimum Gasteiger partial charge on any atom is -0.347 e. The quantitative estimate of drug-likeness (QED) is 0.630. The van der Waals surface area contributed by atoms with Gasteiger partial charge in [0.1, 0.15) is 5.82 Å². The first-order valence-corrected chi connectivity index (χ1v) is 12.8. The molecule has 0 aromatic heterocycles. The fourth-order valence-corrected chi connectivity index (χ4v) is 8.43. The number of ether oxygens (including phenoxy) is 2. The lowest BCUT2D eigenvalue weighted by Gasteiger charge is -2.37. The summed E-state index contributed by atoms with van der Waals surface area (Å²) in [6.07, 6.45) is 0.913. The van der Waals surface area contributed by atoms with Crippen molar-refractivity contribution < 1.29 is 35.5 Å². The number of benzene rings is 1. The predicted octanol–water partition coefficient (Wildman–Crippen LogP) is 0.766. The minimum atomic E-state index is -3.99. The molecule has 29 heavy (non-hydrogen) atoms. The molecule has 160 valence electrons. The van der Waals surface area contributed by atoms with Crippen LogP contribution in [0.3, 0.4) is 0 Å². The van der Waals surface area contributed by atoms with Crippen LogP contribution < -0.4 is 0 Å². The highest BCUT2D eigenvalue weighted by atomic mass is 32.2. The van der Waals surface area contributed by atoms with Gasteiger partial charge < -0.3 is 14.4 Å². The van der Waals surface area contributed by atoms with Crippen LogP contribution in [0.5, 0.6) is 0 Å². The molecule has 1 atom stereocenters. The van der Waals surface area contributed by atoms with Crippen molar-refractivity contribution in [1.29, 1.82) is 0 Å². The van der Waals surface area contributed by atoms with Crippen molar-refractivity contribution in [3.63, 3.8) is 0 Å². The van der Waals surface area contributed by atoms with Gasteiger partial charge in [0.2, 0.25) is 0 Å². The average Bonchev–Trinajstić information content (AvgIpc) is 3.28. The first-order valence-electron chi connectivity index (χ1n) is 9.43. The van der Waals surface area contributed by atoms with Gasteiger partial charge in [-0.2, -0.15) is 0 Å². The molecule has 1 spiro atoms. The molecule has 3 saturated heterocycles. The van der Waals surface area contributed by atoms with Gasteiger partial charge in [0.05, 0.1) is 40.4 Å². The summed E-state index contributed by atoms with van der Waals surface area (Å²) in [5, 5.41) is -1.08. The number of hydrogen-bond donors (Lipinski definition) is 0. The Morgan fingerprint density at radius 2 is 1.83 bits per heavy atom. The van der Waals surface area contributed by atoms with E-state index in [1.807, 2.05) is 0 Å². The number of carbonyl (C=O) groups excluding carboxylic acids is 1. The van der Waals surface area contributed by atoms with Crippen LogP contribution in [-0.2, 0) is 29.1 Å². The summed E-state index contributed by atoms with van der Waals surface area (Å²) in [7, 11) is -7.39. The topological polar surface area (TPSA) is 107 Å². The standard InChI is InChI=1S/C18H22FNO7S2/c19-16-2-1-13(29(24,25)14-3-10-28(22,23)12-14)11-15(16)17(21)20-6-4-18(5-7-20)26-8-9-27-18/h1-2,11,14H,3-10,12H2. The van der Waals surface area contributed by atoms with Crippen LogP contribution >= 0.6 is 0 Å². The third-order valence-electron chi connectivity index (χ3n) is 5.75. The van der Waals surface area contributed by atoms with Crippen LogP contribution in [0, 0.1) is 5.82 Å². The molecule has 3 aliphatic rings. The first-order chi connectivity index (χ1) is 13.6. The van der Waals surface area contributed by atoms with Crippen molar-refractivity contribution in [3.05, 3.63) is 29.6 Å². The zero-order valence-electron chi connectivity index (χ0n) is 15.7. The van der Waals surface area contributed by atoms with E-state index in [0.29, 0.717) is 39.1 Å². The highest BCUT2D eigenvalue weighted by molar-refractivity contribution is 7.96. The van der Waals surface area contributed by atoms with E-state index in [1.165, 1.54) is 4.90 Å². The maximum Gasteiger partial charge on any atom is 0.256 e. The Kier molecular flexibility index (Phi) is 5.21. The van der Waals surface area contributed by atoms with Gasteiger partial charge in [0.25, 0.3) is 5.91 Å². The Balaban J connectivity index is 1.55. The van der Waals surface area contributed by atoms with Gasteiger partial charge in [-0.1, -0.05) is 0 Å². The first kappa shape index (κ1) is 20.7. The molecule has 0 aliphatic carbocycles. The maximum absolute atomic E-state index is 14.4. The van der Waals surface area contributed by atoms with E-state index in [4.69, 9.17) is 9.47 Å².